The van der Waals surface area contributed by atoms with Gasteiger partial charge in [0.2, 0.25) is 5.91 Å². The molecule has 1 aromatic carbocycles. The molecule has 1 aliphatic heterocycles. The highest BCUT2D eigenvalue weighted by Crippen LogP contribution is 2.32. The third-order valence-electron chi connectivity index (χ3n) is 4.31. The molecule has 0 bridgehead atoms. The van der Waals surface area contributed by atoms with E-state index >= 15 is 0 Å². The van der Waals surface area contributed by atoms with Crippen LogP contribution in [-0.2, 0) is 35.2 Å². The van der Waals surface area contributed by atoms with Crippen LogP contribution in [-0.4, -0.2) is 48.0 Å². The van der Waals surface area contributed by atoms with Crippen molar-refractivity contribution in [2.45, 2.75) is 26.3 Å². The van der Waals surface area contributed by atoms with Crippen molar-refractivity contribution in [3.63, 3.8) is 0 Å². The fourth-order valence-electron chi connectivity index (χ4n) is 2.96. The molecule has 0 saturated carbocycles. The van der Waals surface area contributed by atoms with Gasteiger partial charge in [0.15, 0.2) is 0 Å². The Morgan fingerprint density at radius 3 is 2.22 bits per heavy atom. The van der Waals surface area contributed by atoms with E-state index in [2.05, 4.69) is 0 Å². The topological polar surface area (TPSA) is 110 Å². The van der Waals surface area contributed by atoms with Crippen LogP contribution in [0.2, 0.25) is 0 Å². The van der Waals surface area contributed by atoms with E-state index < -0.39 is 36.2 Å². The standard InChI is InChI=1S/C19H21NO7/c1-11-4-6-12(7-5-11)10-20-16(19(25)27-3)14(18(24)26-2)8-13(17(20)23)9-15(21)22/h4-7,13H,8-10H2,1-3H3,(H,21,22). The average Bonchev–Trinajstić information content (AvgIpc) is 2.64. The number of carboxylic acid groups (broad SMARTS) is 1. The molecular weight excluding hydrogens is 354 g/mol. The lowest BCUT2D eigenvalue weighted by atomic mass is 9.88. The van der Waals surface area contributed by atoms with Gasteiger partial charge in [-0.1, -0.05) is 29.8 Å². The van der Waals surface area contributed by atoms with Crippen LogP contribution in [0.4, 0.5) is 0 Å². The van der Waals surface area contributed by atoms with Crippen molar-refractivity contribution in [3.8, 4) is 0 Å². The molecule has 1 amide bonds. The zero-order valence-corrected chi connectivity index (χ0v) is 15.4. The summed E-state index contributed by atoms with van der Waals surface area (Å²) in [5.74, 6) is -4.35. The second kappa shape index (κ2) is 8.48. The summed E-state index contributed by atoms with van der Waals surface area (Å²) in [4.78, 5) is 49.7. The highest BCUT2D eigenvalue weighted by molar-refractivity contribution is 6.05. The van der Waals surface area contributed by atoms with E-state index in [0.717, 1.165) is 30.2 Å². The maximum Gasteiger partial charge on any atom is 0.355 e. The molecule has 144 valence electrons. The molecule has 0 radical (unpaired) electrons. The van der Waals surface area contributed by atoms with Crippen molar-refractivity contribution in [2.24, 2.45) is 5.92 Å². The van der Waals surface area contributed by atoms with Crippen LogP contribution in [0, 0.1) is 12.8 Å². The number of hydrogen-bond acceptors (Lipinski definition) is 6. The fourth-order valence-corrected chi connectivity index (χ4v) is 2.96. The predicted molar refractivity (Wildman–Crippen MR) is 93.1 cm³/mol. The largest absolute Gasteiger partial charge is 0.481 e. The summed E-state index contributed by atoms with van der Waals surface area (Å²) in [6.45, 7) is 1.91. The average molecular weight is 375 g/mol. The van der Waals surface area contributed by atoms with Crippen molar-refractivity contribution in [1.29, 1.82) is 0 Å². The third kappa shape index (κ3) is 4.52. The summed E-state index contributed by atoms with van der Waals surface area (Å²) >= 11 is 0. The Labute approximate surface area is 156 Å². The summed E-state index contributed by atoms with van der Waals surface area (Å²) < 4.78 is 9.48. The minimum Gasteiger partial charge on any atom is -0.481 e. The second-order valence-electron chi connectivity index (χ2n) is 6.22. The Morgan fingerprint density at radius 1 is 1.11 bits per heavy atom. The van der Waals surface area contributed by atoms with Gasteiger partial charge in [0.05, 0.1) is 38.7 Å². The van der Waals surface area contributed by atoms with Gasteiger partial charge in [-0.3, -0.25) is 9.59 Å². The summed E-state index contributed by atoms with van der Waals surface area (Å²) in [7, 11) is 2.29. The molecule has 1 N–H and O–H groups in total. The molecule has 0 saturated heterocycles. The number of benzene rings is 1. The first-order valence-electron chi connectivity index (χ1n) is 8.27. The number of hydrogen-bond donors (Lipinski definition) is 1. The minimum absolute atomic E-state index is 0.000159. The maximum atomic E-state index is 12.9. The number of esters is 2. The molecule has 0 aromatic heterocycles. The van der Waals surface area contributed by atoms with E-state index in [1.54, 1.807) is 12.1 Å². The van der Waals surface area contributed by atoms with Crippen LogP contribution in [0.25, 0.3) is 0 Å². The van der Waals surface area contributed by atoms with Gasteiger partial charge in [-0.25, -0.2) is 9.59 Å². The van der Waals surface area contributed by atoms with Crippen LogP contribution in [0.5, 0.6) is 0 Å². The molecule has 8 heteroatoms. The van der Waals surface area contributed by atoms with Crippen molar-refractivity contribution >= 4 is 23.8 Å². The summed E-state index contributed by atoms with van der Waals surface area (Å²) in [6.07, 6.45) is -0.662. The van der Waals surface area contributed by atoms with Gasteiger partial charge in [-0.2, -0.15) is 0 Å². The SMILES string of the molecule is COC(=O)C1=C(C(=O)OC)N(Cc2ccc(C)cc2)C(=O)C(CC(=O)O)C1. The molecular formula is C19H21NO7. The predicted octanol–water partition coefficient (Wildman–Crippen LogP) is 1.42. The Hall–Kier alpha value is -3.16. The van der Waals surface area contributed by atoms with Gasteiger partial charge in [-0.05, 0) is 18.9 Å². The monoisotopic (exact) mass is 375 g/mol. The first-order valence-corrected chi connectivity index (χ1v) is 8.27. The van der Waals surface area contributed by atoms with Crippen molar-refractivity contribution in [2.75, 3.05) is 14.2 Å². The maximum absolute atomic E-state index is 12.9. The molecule has 1 aliphatic rings. The molecule has 2 rings (SSSR count). The normalized spacial score (nSPS) is 16.9. The lowest BCUT2D eigenvalue weighted by Gasteiger charge is -2.33. The lowest BCUT2D eigenvalue weighted by Crippen LogP contribution is -2.44. The molecule has 1 heterocycles. The van der Waals surface area contributed by atoms with Gasteiger partial charge in [-0.15, -0.1) is 0 Å². The highest BCUT2D eigenvalue weighted by atomic mass is 16.5. The van der Waals surface area contributed by atoms with Gasteiger partial charge in [0.25, 0.3) is 0 Å². The quantitative estimate of drug-likeness (QED) is 0.749. The van der Waals surface area contributed by atoms with Crippen LogP contribution >= 0.6 is 0 Å². The van der Waals surface area contributed by atoms with E-state index in [-0.39, 0.29) is 24.2 Å². The van der Waals surface area contributed by atoms with Gasteiger partial charge in [0.1, 0.15) is 5.70 Å². The van der Waals surface area contributed by atoms with Crippen LogP contribution in [0.1, 0.15) is 24.0 Å². The van der Waals surface area contributed by atoms with Crippen molar-refractivity contribution in [3.05, 3.63) is 46.7 Å². The van der Waals surface area contributed by atoms with Crippen molar-refractivity contribution < 1.29 is 33.8 Å². The molecule has 27 heavy (non-hydrogen) atoms. The first-order chi connectivity index (χ1) is 12.8. The van der Waals surface area contributed by atoms with E-state index in [4.69, 9.17) is 14.6 Å². The molecule has 1 aromatic rings. The van der Waals surface area contributed by atoms with Crippen LogP contribution < -0.4 is 0 Å². The second-order valence-corrected chi connectivity index (χ2v) is 6.22. The molecule has 0 spiro atoms. The van der Waals surface area contributed by atoms with E-state index in [9.17, 15) is 19.2 Å². The zero-order chi connectivity index (χ0) is 20.1. The lowest BCUT2D eigenvalue weighted by molar-refractivity contribution is -0.150. The first kappa shape index (κ1) is 20.2. The Morgan fingerprint density at radius 2 is 1.70 bits per heavy atom. The van der Waals surface area contributed by atoms with Gasteiger partial charge >= 0.3 is 17.9 Å². The summed E-state index contributed by atoms with van der Waals surface area (Å²) in [5.41, 5.74) is 1.46. The minimum atomic E-state index is -1.17. The number of methoxy groups -OCH3 is 2. The van der Waals surface area contributed by atoms with E-state index in [1.807, 2.05) is 19.1 Å². The molecule has 8 nitrogen and oxygen atoms in total. The number of aliphatic carboxylic acids is 1. The van der Waals surface area contributed by atoms with Crippen LogP contribution in [0.15, 0.2) is 35.5 Å². The number of nitrogens with zero attached hydrogens (tertiary/aromatic N) is 1. The van der Waals surface area contributed by atoms with E-state index in [1.165, 1.54) is 0 Å². The Bertz CT molecular complexity index is 795. The zero-order valence-electron chi connectivity index (χ0n) is 15.4. The number of amides is 1. The summed E-state index contributed by atoms with van der Waals surface area (Å²) in [6, 6.07) is 7.27. The molecule has 0 fully saturated rings. The van der Waals surface area contributed by atoms with Gasteiger partial charge in [0, 0.05) is 0 Å². The number of rotatable bonds is 6. The van der Waals surface area contributed by atoms with Gasteiger partial charge < -0.3 is 19.5 Å². The smallest absolute Gasteiger partial charge is 0.355 e. The van der Waals surface area contributed by atoms with E-state index in [0.29, 0.717) is 0 Å². The number of carbonyl (C=O) groups is 4. The Kier molecular flexibility index (Phi) is 6.33. The van der Waals surface area contributed by atoms with Crippen molar-refractivity contribution in [1.82, 2.24) is 4.90 Å². The van der Waals surface area contributed by atoms with Crippen LogP contribution in [0.3, 0.4) is 0 Å². The molecule has 0 aliphatic carbocycles. The molecule has 1 atom stereocenters. The third-order valence-corrected chi connectivity index (χ3v) is 4.31. The molecule has 1 unspecified atom stereocenters. The number of carbonyl (C=O) groups excluding carboxylic acids is 3. The fraction of sp³-hybridized carbons (Fsp3) is 0.368. The number of carboxylic acids is 1. The Balaban J connectivity index is 2.54. The highest BCUT2D eigenvalue weighted by Gasteiger charge is 2.41. The number of aryl methyl sites for hydroxylation is 1. The number of ether oxygens (including phenoxy) is 2. The summed E-state index contributed by atoms with van der Waals surface area (Å²) in [5, 5.41) is 9.10.